The van der Waals surface area contributed by atoms with Crippen LogP contribution in [-0.2, 0) is 16.1 Å². The lowest BCUT2D eigenvalue weighted by atomic mass is 10.1. The Labute approximate surface area is 225 Å². The quantitative estimate of drug-likeness (QED) is 0.263. The number of thioether (sulfide) groups is 1. The van der Waals surface area contributed by atoms with Gasteiger partial charge in [0.05, 0.1) is 28.3 Å². The highest BCUT2D eigenvalue weighted by Gasteiger charge is 2.26. The maximum Gasteiger partial charge on any atom is 0.341 e. The van der Waals surface area contributed by atoms with E-state index in [1.165, 1.54) is 7.11 Å². The fourth-order valence-electron chi connectivity index (χ4n) is 3.29. The van der Waals surface area contributed by atoms with Gasteiger partial charge < -0.3 is 25.1 Å². The van der Waals surface area contributed by atoms with Gasteiger partial charge in [-0.2, -0.15) is 0 Å². The normalized spacial score (nSPS) is 11.7. The lowest BCUT2D eigenvalue weighted by Crippen LogP contribution is -2.17. The molecule has 2 heterocycles. The Morgan fingerprint density at radius 2 is 2.00 bits per heavy atom. The van der Waals surface area contributed by atoms with Crippen LogP contribution in [0.4, 0.5) is 5.00 Å². The number of thiophene rings is 1. The summed E-state index contributed by atoms with van der Waals surface area (Å²) in [5.74, 6) is -0.857. The second-order valence-electron chi connectivity index (χ2n) is 7.37. The molecular weight excluding hydrogens is 549 g/mol. The van der Waals surface area contributed by atoms with Gasteiger partial charge in [-0.3, -0.25) is 9.59 Å². The molecule has 0 aliphatic carbocycles. The number of ether oxygens (including phenoxy) is 2. The number of rotatable bonds is 10. The van der Waals surface area contributed by atoms with Crippen molar-refractivity contribution in [3.8, 4) is 5.75 Å². The lowest BCUT2D eigenvalue weighted by molar-refractivity contribution is -0.113. The van der Waals surface area contributed by atoms with E-state index in [1.54, 1.807) is 32.0 Å². The molecule has 3 rings (SSSR count). The number of carbonyl (C=O) groups excluding carboxylic acids is 3. The molecule has 36 heavy (non-hydrogen) atoms. The molecule has 0 spiro atoms. The SMILES string of the molecule is CCn1c(SCC(=O)Nc2sc(C(N)=O)c(C)c2C(=O)OC)nnc1C(C)Oc1cc(Cl)ccc1Cl. The Bertz CT molecular complexity index is 1310. The number of anilines is 1. The van der Waals surface area contributed by atoms with Crippen molar-refractivity contribution in [2.24, 2.45) is 5.73 Å². The number of methoxy groups -OCH3 is 1. The summed E-state index contributed by atoms with van der Waals surface area (Å²) in [4.78, 5) is 36.8. The molecule has 0 saturated heterocycles. The molecule has 1 atom stereocenters. The number of carbonyl (C=O) groups is 3. The van der Waals surface area contributed by atoms with Crippen LogP contribution in [0, 0.1) is 6.92 Å². The highest BCUT2D eigenvalue weighted by molar-refractivity contribution is 7.99. The maximum absolute atomic E-state index is 12.7. The summed E-state index contributed by atoms with van der Waals surface area (Å²) in [7, 11) is 1.21. The van der Waals surface area contributed by atoms with Crippen LogP contribution in [-0.4, -0.2) is 45.4 Å². The average molecular weight is 572 g/mol. The van der Waals surface area contributed by atoms with Crippen LogP contribution >= 0.6 is 46.3 Å². The number of esters is 1. The number of nitrogens with zero attached hydrogens (tertiary/aromatic N) is 3. The molecule has 14 heteroatoms. The molecule has 1 aromatic carbocycles. The van der Waals surface area contributed by atoms with Gasteiger partial charge >= 0.3 is 5.97 Å². The molecule has 0 bridgehead atoms. The number of aromatic nitrogens is 3. The van der Waals surface area contributed by atoms with Crippen molar-refractivity contribution < 1.29 is 23.9 Å². The molecule has 0 fully saturated rings. The lowest BCUT2D eigenvalue weighted by Gasteiger charge is -2.16. The number of nitrogens with one attached hydrogen (secondary N) is 1. The van der Waals surface area contributed by atoms with Crippen molar-refractivity contribution in [3.05, 3.63) is 50.1 Å². The molecule has 2 aromatic heterocycles. The average Bonchev–Trinajstić information content (AvgIpc) is 3.40. The predicted molar refractivity (Wildman–Crippen MR) is 139 cm³/mol. The topological polar surface area (TPSA) is 138 Å². The summed E-state index contributed by atoms with van der Waals surface area (Å²) in [6.45, 7) is 5.82. The molecule has 0 saturated carbocycles. The van der Waals surface area contributed by atoms with Crippen molar-refractivity contribution in [3.63, 3.8) is 0 Å². The van der Waals surface area contributed by atoms with Gasteiger partial charge in [0.15, 0.2) is 17.1 Å². The van der Waals surface area contributed by atoms with Gasteiger partial charge in [-0.05, 0) is 38.5 Å². The van der Waals surface area contributed by atoms with E-state index in [-0.39, 0.29) is 21.2 Å². The smallest absolute Gasteiger partial charge is 0.341 e. The van der Waals surface area contributed by atoms with Crippen LogP contribution in [0.3, 0.4) is 0 Å². The van der Waals surface area contributed by atoms with Crippen molar-refractivity contribution in [2.45, 2.75) is 38.6 Å². The van der Waals surface area contributed by atoms with E-state index in [4.69, 9.17) is 38.4 Å². The number of primary amides is 1. The standard InChI is InChI=1S/C22H23Cl2N5O5S2/c1-5-29-19(11(3)34-14-8-12(23)6-7-13(14)24)27-28-22(29)35-9-15(30)26-20-16(21(32)33-4)10(2)17(36-20)18(25)31/h6-8,11H,5,9H2,1-4H3,(H2,25,31)(H,26,30). The number of hydrogen-bond acceptors (Lipinski definition) is 9. The monoisotopic (exact) mass is 571 g/mol. The number of benzene rings is 1. The molecule has 0 aliphatic rings. The third-order valence-electron chi connectivity index (χ3n) is 4.97. The first kappa shape index (κ1) is 27.8. The van der Waals surface area contributed by atoms with Gasteiger partial charge in [-0.1, -0.05) is 35.0 Å². The fraction of sp³-hybridized carbons (Fsp3) is 0.318. The predicted octanol–water partition coefficient (Wildman–Crippen LogP) is 4.73. The summed E-state index contributed by atoms with van der Waals surface area (Å²) in [5, 5.41) is 12.7. The molecule has 0 radical (unpaired) electrons. The van der Waals surface area contributed by atoms with E-state index in [0.717, 1.165) is 23.1 Å². The highest BCUT2D eigenvalue weighted by Crippen LogP contribution is 2.34. The molecule has 10 nitrogen and oxygen atoms in total. The van der Waals surface area contributed by atoms with Crippen molar-refractivity contribution in [1.29, 1.82) is 0 Å². The third-order valence-corrected chi connectivity index (χ3v) is 7.70. The van der Waals surface area contributed by atoms with E-state index in [0.29, 0.717) is 38.9 Å². The van der Waals surface area contributed by atoms with Crippen molar-refractivity contribution in [2.75, 3.05) is 18.2 Å². The minimum absolute atomic E-state index is 0.0308. The Hall–Kier alpha value is -2.80. The Kier molecular flexibility index (Phi) is 9.23. The Balaban J connectivity index is 1.72. The first-order valence-electron chi connectivity index (χ1n) is 10.6. The van der Waals surface area contributed by atoms with Gasteiger partial charge in [0.2, 0.25) is 5.91 Å². The summed E-state index contributed by atoms with van der Waals surface area (Å²) < 4.78 is 12.5. The maximum atomic E-state index is 12.7. The minimum atomic E-state index is -0.698. The van der Waals surface area contributed by atoms with Gasteiger partial charge in [-0.15, -0.1) is 21.5 Å². The third kappa shape index (κ3) is 6.12. The number of nitrogens with two attached hydrogens (primary N) is 1. The largest absolute Gasteiger partial charge is 0.481 e. The summed E-state index contributed by atoms with van der Waals surface area (Å²) in [5.41, 5.74) is 5.84. The van der Waals surface area contributed by atoms with Crippen LogP contribution in [0.15, 0.2) is 23.4 Å². The van der Waals surface area contributed by atoms with E-state index in [1.807, 2.05) is 11.5 Å². The van der Waals surface area contributed by atoms with Crippen LogP contribution < -0.4 is 15.8 Å². The van der Waals surface area contributed by atoms with E-state index in [2.05, 4.69) is 15.5 Å². The zero-order chi connectivity index (χ0) is 26.6. The van der Waals surface area contributed by atoms with E-state index in [9.17, 15) is 14.4 Å². The first-order chi connectivity index (χ1) is 17.1. The van der Waals surface area contributed by atoms with Gasteiger partial charge in [-0.25, -0.2) is 4.79 Å². The zero-order valence-corrected chi connectivity index (χ0v) is 22.9. The van der Waals surface area contributed by atoms with Gasteiger partial charge in [0.1, 0.15) is 10.8 Å². The molecule has 192 valence electrons. The summed E-state index contributed by atoms with van der Waals surface area (Å²) >= 11 is 14.3. The second kappa shape index (κ2) is 12.0. The highest BCUT2D eigenvalue weighted by atomic mass is 35.5. The zero-order valence-electron chi connectivity index (χ0n) is 19.8. The number of amides is 2. The van der Waals surface area contributed by atoms with E-state index >= 15 is 0 Å². The fourth-order valence-corrected chi connectivity index (χ4v) is 5.49. The van der Waals surface area contributed by atoms with Crippen LogP contribution in [0.1, 0.15) is 51.4 Å². The Morgan fingerprint density at radius 3 is 2.64 bits per heavy atom. The molecule has 0 aliphatic heterocycles. The minimum Gasteiger partial charge on any atom is -0.481 e. The molecular formula is C22H23Cl2N5O5S2. The van der Waals surface area contributed by atoms with Gasteiger partial charge in [0, 0.05) is 17.6 Å². The molecule has 3 N–H and O–H groups in total. The summed E-state index contributed by atoms with van der Waals surface area (Å²) in [6, 6.07) is 4.92. The summed E-state index contributed by atoms with van der Waals surface area (Å²) in [6.07, 6.45) is -0.500. The van der Waals surface area contributed by atoms with Crippen LogP contribution in [0.25, 0.3) is 0 Å². The van der Waals surface area contributed by atoms with Crippen LogP contribution in [0.5, 0.6) is 5.75 Å². The molecule has 2 amide bonds. The van der Waals surface area contributed by atoms with E-state index < -0.39 is 23.9 Å². The van der Waals surface area contributed by atoms with Crippen LogP contribution in [0.2, 0.25) is 10.0 Å². The van der Waals surface area contributed by atoms with Crippen molar-refractivity contribution in [1.82, 2.24) is 14.8 Å². The molecule has 3 aromatic rings. The van der Waals surface area contributed by atoms with Crippen molar-refractivity contribution >= 4 is 69.1 Å². The van der Waals surface area contributed by atoms with Gasteiger partial charge in [0.25, 0.3) is 5.91 Å². The first-order valence-corrected chi connectivity index (χ1v) is 13.1. The number of hydrogen-bond donors (Lipinski definition) is 2. The second-order valence-corrected chi connectivity index (χ2v) is 10.2. The Morgan fingerprint density at radius 1 is 1.28 bits per heavy atom. The molecule has 1 unspecified atom stereocenters. The number of halogens is 2.